The van der Waals surface area contributed by atoms with Crippen molar-refractivity contribution in [3.63, 3.8) is 0 Å². The first-order valence-corrected chi connectivity index (χ1v) is 5.50. The number of alkyl halides is 3. The molecule has 6 heteroatoms. The van der Waals surface area contributed by atoms with Crippen LogP contribution in [0, 0.1) is 12.7 Å². The third kappa shape index (κ3) is 3.49. The molecule has 0 spiro atoms. The van der Waals surface area contributed by atoms with Gasteiger partial charge >= 0.3 is 6.18 Å². The van der Waals surface area contributed by atoms with Crippen LogP contribution >= 0.6 is 0 Å². The van der Waals surface area contributed by atoms with Crippen molar-refractivity contribution in [2.24, 2.45) is 0 Å². The summed E-state index contributed by atoms with van der Waals surface area (Å²) in [5.41, 5.74) is -0.106. The van der Waals surface area contributed by atoms with Gasteiger partial charge < -0.3 is 0 Å². The molecule has 100 valence electrons. The van der Waals surface area contributed by atoms with Gasteiger partial charge in [0.05, 0.1) is 5.56 Å². The molecule has 2 rings (SSSR count). The van der Waals surface area contributed by atoms with E-state index in [4.69, 9.17) is 0 Å². The molecule has 0 aliphatic carbocycles. The zero-order chi connectivity index (χ0) is 14.0. The molecule has 19 heavy (non-hydrogen) atoms. The number of benzene rings is 1. The van der Waals surface area contributed by atoms with Gasteiger partial charge in [0.2, 0.25) is 0 Å². The second-order valence-corrected chi connectivity index (χ2v) is 4.14. The normalized spacial score (nSPS) is 11.6. The molecule has 0 saturated carbocycles. The number of hydrogen-bond donors (Lipinski definition) is 0. The van der Waals surface area contributed by atoms with Crippen LogP contribution in [0.25, 0.3) is 0 Å². The first-order valence-electron chi connectivity index (χ1n) is 5.50. The minimum absolute atomic E-state index is 0.0581. The van der Waals surface area contributed by atoms with E-state index in [1.54, 1.807) is 13.0 Å². The Morgan fingerprint density at radius 3 is 2.53 bits per heavy atom. The van der Waals surface area contributed by atoms with Crippen molar-refractivity contribution < 1.29 is 17.6 Å². The number of nitrogens with zero attached hydrogens (tertiary/aromatic N) is 2. The van der Waals surface area contributed by atoms with E-state index in [0.29, 0.717) is 17.6 Å². The van der Waals surface area contributed by atoms with E-state index in [2.05, 4.69) is 9.97 Å². The zero-order valence-corrected chi connectivity index (χ0v) is 10.0. The van der Waals surface area contributed by atoms with Gasteiger partial charge in [-0.05, 0) is 36.8 Å². The summed E-state index contributed by atoms with van der Waals surface area (Å²) < 4.78 is 50.9. The highest BCUT2D eigenvalue weighted by atomic mass is 19.4. The Hall–Kier alpha value is -1.98. The summed E-state index contributed by atoms with van der Waals surface area (Å²) in [4.78, 5) is 8.02. The molecular formula is C13H10F4N2. The second kappa shape index (κ2) is 4.95. The zero-order valence-electron chi connectivity index (χ0n) is 10.0. The molecule has 2 aromatic rings. The molecule has 0 radical (unpaired) electrons. The molecule has 0 amide bonds. The Kier molecular flexibility index (Phi) is 3.50. The smallest absolute Gasteiger partial charge is 0.241 e. The summed E-state index contributed by atoms with van der Waals surface area (Å²) in [5, 5.41) is 0. The number of aryl methyl sites for hydroxylation is 1. The summed E-state index contributed by atoms with van der Waals surface area (Å²) >= 11 is 0. The maximum Gasteiger partial charge on any atom is 0.416 e. The average molecular weight is 270 g/mol. The number of halogens is 4. The van der Waals surface area contributed by atoms with Gasteiger partial charge in [0.15, 0.2) is 0 Å². The highest BCUT2D eigenvalue weighted by Crippen LogP contribution is 2.30. The summed E-state index contributed by atoms with van der Waals surface area (Å²) in [6.45, 7) is 1.75. The molecular weight excluding hydrogens is 260 g/mol. The minimum Gasteiger partial charge on any atom is -0.241 e. The van der Waals surface area contributed by atoms with E-state index in [1.807, 2.05) is 0 Å². The Labute approximate surface area is 107 Å². The lowest BCUT2D eigenvalue weighted by Crippen LogP contribution is -2.07. The maximum atomic E-state index is 13.2. The van der Waals surface area contributed by atoms with Crippen LogP contribution in [-0.2, 0) is 12.6 Å². The van der Waals surface area contributed by atoms with Crippen molar-refractivity contribution in [3.8, 4) is 0 Å². The Morgan fingerprint density at radius 1 is 1.16 bits per heavy atom. The quantitative estimate of drug-likeness (QED) is 0.780. The fourth-order valence-corrected chi connectivity index (χ4v) is 1.68. The number of aromatic nitrogens is 2. The minimum atomic E-state index is -4.57. The van der Waals surface area contributed by atoms with Crippen LogP contribution in [0.4, 0.5) is 17.6 Å². The van der Waals surface area contributed by atoms with Crippen molar-refractivity contribution >= 4 is 0 Å². The fourth-order valence-electron chi connectivity index (χ4n) is 1.68. The van der Waals surface area contributed by atoms with Crippen LogP contribution in [0.5, 0.6) is 0 Å². The van der Waals surface area contributed by atoms with Crippen molar-refractivity contribution in [1.29, 1.82) is 0 Å². The predicted molar refractivity (Wildman–Crippen MR) is 61.0 cm³/mol. The molecule has 0 aliphatic heterocycles. The van der Waals surface area contributed by atoms with E-state index in [0.717, 1.165) is 12.1 Å². The molecule has 0 aliphatic rings. The highest BCUT2D eigenvalue weighted by Gasteiger charge is 2.31. The second-order valence-electron chi connectivity index (χ2n) is 4.14. The first-order chi connectivity index (χ1) is 8.84. The Balaban J connectivity index is 2.33. The maximum absolute atomic E-state index is 13.2. The first kappa shape index (κ1) is 13.5. The van der Waals surface area contributed by atoms with Crippen LogP contribution in [-0.4, -0.2) is 9.97 Å². The lowest BCUT2D eigenvalue weighted by atomic mass is 10.1. The number of rotatable bonds is 2. The van der Waals surface area contributed by atoms with Crippen LogP contribution in [0.3, 0.4) is 0 Å². The molecule has 1 aromatic carbocycles. The molecule has 2 nitrogen and oxygen atoms in total. The fraction of sp³-hybridized carbons (Fsp3) is 0.231. The molecule has 0 unspecified atom stereocenters. The van der Waals surface area contributed by atoms with E-state index in [9.17, 15) is 17.6 Å². The van der Waals surface area contributed by atoms with E-state index in [1.165, 1.54) is 6.20 Å². The van der Waals surface area contributed by atoms with E-state index in [-0.39, 0.29) is 12.0 Å². The monoisotopic (exact) mass is 270 g/mol. The SMILES string of the molecule is Cc1ccnc(Cc2cc(F)cc(C(F)(F)F)c2)n1. The topological polar surface area (TPSA) is 25.8 Å². The van der Waals surface area contributed by atoms with Crippen molar-refractivity contribution in [3.05, 3.63) is 58.9 Å². The Bertz CT molecular complexity index is 593. The van der Waals surface area contributed by atoms with E-state index >= 15 is 0 Å². The standard InChI is InChI=1S/C13H10F4N2/c1-8-2-3-18-12(19-8)6-9-4-10(13(15,16)17)7-11(14)5-9/h2-5,7H,6H2,1H3. The third-order valence-corrected chi connectivity index (χ3v) is 2.49. The van der Waals surface area contributed by atoms with Gasteiger partial charge in [0, 0.05) is 18.3 Å². The van der Waals surface area contributed by atoms with Gasteiger partial charge in [0.25, 0.3) is 0 Å². The summed E-state index contributed by atoms with van der Waals surface area (Å²) in [6.07, 6.45) is -2.99. The molecule has 0 bridgehead atoms. The average Bonchev–Trinajstić information content (AvgIpc) is 2.26. The molecule has 1 aromatic heterocycles. The highest BCUT2D eigenvalue weighted by molar-refractivity contribution is 5.28. The number of hydrogen-bond acceptors (Lipinski definition) is 2. The Morgan fingerprint density at radius 2 is 1.89 bits per heavy atom. The van der Waals surface area contributed by atoms with Crippen LogP contribution in [0.15, 0.2) is 30.5 Å². The molecule has 0 saturated heterocycles. The van der Waals surface area contributed by atoms with Crippen LogP contribution < -0.4 is 0 Å². The van der Waals surface area contributed by atoms with Crippen molar-refractivity contribution in [2.75, 3.05) is 0 Å². The molecule has 0 atom stereocenters. The van der Waals surface area contributed by atoms with Gasteiger partial charge in [-0.1, -0.05) is 0 Å². The largest absolute Gasteiger partial charge is 0.416 e. The van der Waals surface area contributed by atoms with Gasteiger partial charge in [-0.2, -0.15) is 13.2 Å². The summed E-state index contributed by atoms with van der Waals surface area (Å²) in [5.74, 6) is -0.559. The van der Waals surface area contributed by atoms with Gasteiger partial charge in [0.1, 0.15) is 11.6 Å². The third-order valence-electron chi connectivity index (χ3n) is 2.49. The molecule has 1 heterocycles. The molecule has 0 fully saturated rings. The van der Waals surface area contributed by atoms with Crippen molar-refractivity contribution in [1.82, 2.24) is 9.97 Å². The van der Waals surface area contributed by atoms with Crippen LogP contribution in [0.2, 0.25) is 0 Å². The lowest BCUT2D eigenvalue weighted by Gasteiger charge is -2.09. The van der Waals surface area contributed by atoms with Crippen molar-refractivity contribution in [2.45, 2.75) is 19.5 Å². The predicted octanol–water partition coefficient (Wildman–Crippen LogP) is 3.53. The lowest BCUT2D eigenvalue weighted by molar-refractivity contribution is -0.137. The van der Waals surface area contributed by atoms with Gasteiger partial charge in [-0.3, -0.25) is 0 Å². The molecule has 0 N–H and O–H groups in total. The summed E-state index contributed by atoms with van der Waals surface area (Å²) in [7, 11) is 0. The van der Waals surface area contributed by atoms with Crippen LogP contribution in [0.1, 0.15) is 22.6 Å². The summed E-state index contributed by atoms with van der Waals surface area (Å²) in [6, 6.07) is 4.12. The van der Waals surface area contributed by atoms with E-state index < -0.39 is 17.6 Å². The van der Waals surface area contributed by atoms with Gasteiger partial charge in [-0.25, -0.2) is 14.4 Å². The van der Waals surface area contributed by atoms with Gasteiger partial charge in [-0.15, -0.1) is 0 Å².